The normalized spacial score (nSPS) is 17.8. The molecule has 1 atom stereocenters. The second kappa shape index (κ2) is 10.0. The highest BCUT2D eigenvalue weighted by Gasteiger charge is 2.34. The molecular weight excluding hydrogens is 486 g/mol. The predicted molar refractivity (Wildman–Crippen MR) is 140 cm³/mol. The molecule has 4 aromatic rings. The number of H-pyrrole nitrogens is 1. The van der Waals surface area contributed by atoms with E-state index in [9.17, 15) is 9.59 Å². The zero-order valence-electron chi connectivity index (χ0n) is 21.0. The first-order valence-electron chi connectivity index (χ1n) is 12.9. The van der Waals surface area contributed by atoms with Gasteiger partial charge >= 0.3 is 5.97 Å². The number of nitrogens with zero attached hydrogens (tertiary/aromatic N) is 4. The average Bonchev–Trinajstić information content (AvgIpc) is 3.36. The third-order valence-electron chi connectivity index (χ3n) is 7.46. The van der Waals surface area contributed by atoms with E-state index < -0.39 is 5.97 Å². The number of carboxylic acids is 1. The summed E-state index contributed by atoms with van der Waals surface area (Å²) >= 11 is 0. The van der Waals surface area contributed by atoms with Crippen molar-refractivity contribution in [3.8, 4) is 16.9 Å². The van der Waals surface area contributed by atoms with E-state index in [-0.39, 0.29) is 29.3 Å². The molecule has 38 heavy (non-hydrogen) atoms. The lowest BCUT2D eigenvalue weighted by Gasteiger charge is -2.42. The molecule has 2 fully saturated rings. The molecule has 0 aliphatic carbocycles. The number of fused-ring (bicyclic) bond motifs is 1. The van der Waals surface area contributed by atoms with Gasteiger partial charge in [0.15, 0.2) is 5.65 Å². The third-order valence-corrected chi connectivity index (χ3v) is 7.46. The Bertz CT molecular complexity index is 1500. The fourth-order valence-corrected chi connectivity index (χ4v) is 5.10. The minimum Gasteiger partial charge on any atom is -0.488 e. The van der Waals surface area contributed by atoms with Gasteiger partial charge in [-0.05, 0) is 55.2 Å². The monoisotopic (exact) mass is 515 g/mol. The summed E-state index contributed by atoms with van der Waals surface area (Å²) in [4.78, 5) is 33.8. The lowest BCUT2D eigenvalue weighted by molar-refractivity contribution is -0.00735. The molecule has 2 aliphatic heterocycles. The number of hydrogen-bond donors (Lipinski definition) is 2. The maximum atomic E-state index is 12.8. The van der Waals surface area contributed by atoms with Crippen LogP contribution in [0, 0.1) is 0 Å². The summed E-state index contributed by atoms with van der Waals surface area (Å²) in [5.74, 6) is 0.475. The van der Waals surface area contributed by atoms with Crippen LogP contribution in [-0.2, 0) is 4.74 Å². The van der Waals surface area contributed by atoms with Gasteiger partial charge in [-0.15, -0.1) is 0 Å². The van der Waals surface area contributed by atoms with E-state index in [1.807, 2.05) is 35.9 Å². The van der Waals surface area contributed by atoms with E-state index >= 15 is 0 Å². The van der Waals surface area contributed by atoms with Crippen molar-refractivity contribution in [1.82, 2.24) is 24.6 Å². The van der Waals surface area contributed by atoms with Crippen molar-refractivity contribution in [2.75, 3.05) is 26.3 Å². The van der Waals surface area contributed by atoms with Gasteiger partial charge in [0.05, 0.1) is 23.8 Å². The molecule has 2 aromatic heterocycles. The Kier molecular flexibility index (Phi) is 6.42. The first-order valence-corrected chi connectivity index (χ1v) is 12.9. The summed E-state index contributed by atoms with van der Waals surface area (Å²) < 4.78 is 13.5. The Labute approximate surface area is 218 Å². The van der Waals surface area contributed by atoms with Crippen LogP contribution in [0.15, 0.2) is 59.5 Å². The minimum absolute atomic E-state index is 0.0429. The maximum Gasteiger partial charge on any atom is 0.335 e. The van der Waals surface area contributed by atoms with Gasteiger partial charge in [0, 0.05) is 26.3 Å². The molecule has 10 heteroatoms. The van der Waals surface area contributed by atoms with Crippen molar-refractivity contribution in [3.63, 3.8) is 0 Å². The topological polar surface area (TPSA) is 123 Å². The van der Waals surface area contributed by atoms with Crippen LogP contribution in [0.4, 0.5) is 0 Å². The first kappa shape index (κ1) is 24.3. The van der Waals surface area contributed by atoms with E-state index in [1.54, 1.807) is 30.5 Å². The second-order valence-electron chi connectivity index (χ2n) is 9.90. The zero-order chi connectivity index (χ0) is 26.2. The van der Waals surface area contributed by atoms with Crippen molar-refractivity contribution >= 4 is 17.0 Å². The summed E-state index contributed by atoms with van der Waals surface area (Å²) in [6.45, 7) is 4.87. The number of hydrogen-bond acceptors (Lipinski definition) is 7. The van der Waals surface area contributed by atoms with E-state index in [0.29, 0.717) is 30.1 Å². The summed E-state index contributed by atoms with van der Waals surface area (Å²) in [7, 11) is 0. The number of carboxylic acid groups (broad SMARTS) is 1. The molecule has 4 heterocycles. The highest BCUT2D eigenvalue weighted by Crippen LogP contribution is 2.29. The van der Waals surface area contributed by atoms with Crippen LogP contribution in [0.25, 0.3) is 22.2 Å². The SMILES string of the molecule is CC(c1nc2c(cnn2C2CCOCC2)c(=O)[nH]1)N1CC(Oc2ccc(-c3ccc(C(=O)O)cc3)cc2)C1. The quantitative estimate of drug-likeness (QED) is 0.382. The number of aromatic nitrogens is 4. The van der Waals surface area contributed by atoms with Crippen LogP contribution in [0.1, 0.15) is 48.0 Å². The summed E-state index contributed by atoms with van der Waals surface area (Å²) in [6, 6.07) is 14.7. The molecule has 6 rings (SSSR count). The average molecular weight is 516 g/mol. The Morgan fingerprint density at radius 2 is 1.74 bits per heavy atom. The molecular formula is C28H29N5O5. The Morgan fingerprint density at radius 3 is 2.39 bits per heavy atom. The molecule has 2 aromatic carbocycles. The molecule has 0 spiro atoms. The third kappa shape index (κ3) is 4.68. The largest absolute Gasteiger partial charge is 0.488 e. The van der Waals surface area contributed by atoms with Gasteiger partial charge in [-0.25, -0.2) is 14.5 Å². The number of aromatic amines is 1. The molecule has 0 bridgehead atoms. The zero-order valence-corrected chi connectivity index (χ0v) is 21.0. The second-order valence-corrected chi connectivity index (χ2v) is 9.90. The van der Waals surface area contributed by atoms with Gasteiger partial charge in [0.25, 0.3) is 5.56 Å². The van der Waals surface area contributed by atoms with Crippen LogP contribution in [-0.4, -0.2) is 68.1 Å². The van der Waals surface area contributed by atoms with Gasteiger partial charge in [0.1, 0.15) is 23.1 Å². The van der Waals surface area contributed by atoms with Crippen LogP contribution in [0.3, 0.4) is 0 Å². The molecule has 2 saturated heterocycles. The van der Waals surface area contributed by atoms with E-state index in [2.05, 4.69) is 15.0 Å². The highest BCUT2D eigenvalue weighted by atomic mass is 16.5. The van der Waals surface area contributed by atoms with Crippen LogP contribution in [0.5, 0.6) is 5.75 Å². The molecule has 0 saturated carbocycles. The van der Waals surface area contributed by atoms with Crippen molar-refractivity contribution < 1.29 is 19.4 Å². The number of likely N-dealkylation sites (tertiary alicyclic amines) is 1. The van der Waals surface area contributed by atoms with Crippen LogP contribution in [0.2, 0.25) is 0 Å². The molecule has 2 N–H and O–H groups in total. The van der Waals surface area contributed by atoms with E-state index in [4.69, 9.17) is 19.6 Å². The Balaban J connectivity index is 1.09. The van der Waals surface area contributed by atoms with Crippen LogP contribution < -0.4 is 10.3 Å². The van der Waals surface area contributed by atoms with Crippen molar-refractivity contribution in [3.05, 3.63) is 76.5 Å². The highest BCUT2D eigenvalue weighted by molar-refractivity contribution is 5.88. The molecule has 0 amide bonds. The Morgan fingerprint density at radius 1 is 1.08 bits per heavy atom. The predicted octanol–water partition coefficient (Wildman–Crippen LogP) is 3.66. The van der Waals surface area contributed by atoms with E-state index in [1.165, 1.54) is 0 Å². The van der Waals surface area contributed by atoms with Gasteiger partial charge in [0.2, 0.25) is 0 Å². The summed E-state index contributed by atoms with van der Waals surface area (Å²) in [5.41, 5.74) is 2.67. The number of aromatic carboxylic acids is 1. The molecule has 10 nitrogen and oxygen atoms in total. The van der Waals surface area contributed by atoms with Crippen molar-refractivity contribution in [2.45, 2.75) is 38.0 Å². The summed E-state index contributed by atoms with van der Waals surface area (Å²) in [5, 5.41) is 14.1. The fourth-order valence-electron chi connectivity index (χ4n) is 5.10. The molecule has 1 unspecified atom stereocenters. The van der Waals surface area contributed by atoms with Crippen molar-refractivity contribution in [2.24, 2.45) is 0 Å². The van der Waals surface area contributed by atoms with Crippen molar-refractivity contribution in [1.29, 1.82) is 0 Å². The number of carbonyl (C=O) groups is 1. The standard InChI is InChI=1S/C28H29N5O5/c1-17(25-30-26-24(27(34)31-25)14-29-33(26)21-10-12-37-13-11-21)32-15-23(16-32)38-22-8-6-19(7-9-22)18-2-4-20(5-3-18)28(35)36/h2-9,14,17,21,23H,10-13,15-16H2,1H3,(H,35,36)(H,30,31,34). The molecule has 2 aliphatic rings. The van der Waals surface area contributed by atoms with Gasteiger partial charge in [-0.1, -0.05) is 24.3 Å². The first-order chi connectivity index (χ1) is 18.5. The van der Waals surface area contributed by atoms with Crippen LogP contribution >= 0.6 is 0 Å². The van der Waals surface area contributed by atoms with Gasteiger partial charge in [-0.3, -0.25) is 9.69 Å². The minimum atomic E-state index is -0.937. The van der Waals surface area contributed by atoms with E-state index in [0.717, 1.165) is 42.8 Å². The molecule has 196 valence electrons. The van der Waals surface area contributed by atoms with Gasteiger partial charge in [-0.2, -0.15) is 5.10 Å². The number of nitrogens with one attached hydrogen (secondary N) is 1. The smallest absolute Gasteiger partial charge is 0.335 e. The fraction of sp³-hybridized carbons (Fsp3) is 0.357. The number of benzene rings is 2. The lowest BCUT2D eigenvalue weighted by atomic mass is 10.0. The lowest BCUT2D eigenvalue weighted by Crippen LogP contribution is -2.54. The number of ether oxygens (including phenoxy) is 2. The summed E-state index contributed by atoms with van der Waals surface area (Å²) in [6.07, 6.45) is 3.37. The number of rotatable bonds is 7. The molecule has 0 radical (unpaired) electrons. The van der Waals surface area contributed by atoms with Gasteiger partial charge < -0.3 is 19.6 Å². The maximum absolute atomic E-state index is 12.8. The Hall–Kier alpha value is -4.02.